The lowest BCUT2D eigenvalue weighted by Crippen LogP contribution is -2.09. The van der Waals surface area contributed by atoms with Crippen molar-refractivity contribution in [1.29, 1.82) is 0 Å². The summed E-state index contributed by atoms with van der Waals surface area (Å²) in [4.78, 5) is 22.7. The monoisotopic (exact) mass is 297 g/mol. The zero-order valence-corrected chi connectivity index (χ0v) is 11.9. The second-order valence-electron chi connectivity index (χ2n) is 4.46. The number of nitrogens with one attached hydrogen (secondary N) is 1. The zero-order valence-electron chi connectivity index (χ0n) is 11.9. The summed E-state index contributed by atoms with van der Waals surface area (Å²) in [6.45, 7) is 0. The molecule has 0 atom stereocenters. The van der Waals surface area contributed by atoms with Crippen molar-refractivity contribution in [3.05, 3.63) is 59.7 Å². The van der Waals surface area contributed by atoms with Crippen LogP contribution in [0.4, 0.5) is 5.69 Å². The van der Waals surface area contributed by atoms with Crippen LogP contribution in [0.1, 0.15) is 15.9 Å². The van der Waals surface area contributed by atoms with E-state index in [0.29, 0.717) is 28.8 Å². The lowest BCUT2D eigenvalue weighted by molar-refractivity contribution is -0.111. The first-order valence-electron chi connectivity index (χ1n) is 6.54. The number of phenolic OH excluding ortho intramolecular Hbond substituents is 1. The van der Waals surface area contributed by atoms with Crippen molar-refractivity contribution in [3.8, 4) is 11.5 Å². The molecule has 22 heavy (non-hydrogen) atoms. The SMILES string of the molecule is COc1ccc(/C=C/C(=O)Nc2ccccc2C=O)cc1O. The molecule has 2 rings (SSSR count). The first kappa shape index (κ1) is 15.3. The number of para-hydroxylation sites is 1. The van der Waals surface area contributed by atoms with Crippen LogP contribution in [0, 0.1) is 0 Å². The highest BCUT2D eigenvalue weighted by Gasteiger charge is 2.04. The molecule has 0 saturated carbocycles. The number of anilines is 1. The molecular formula is C17H15NO4. The average molecular weight is 297 g/mol. The second-order valence-corrected chi connectivity index (χ2v) is 4.46. The van der Waals surface area contributed by atoms with E-state index in [0.717, 1.165) is 0 Å². The van der Waals surface area contributed by atoms with Gasteiger partial charge in [-0.3, -0.25) is 9.59 Å². The van der Waals surface area contributed by atoms with Crippen LogP contribution in [0.5, 0.6) is 11.5 Å². The van der Waals surface area contributed by atoms with E-state index in [1.165, 1.54) is 19.3 Å². The number of carbonyl (C=O) groups is 2. The number of hydrogen-bond donors (Lipinski definition) is 2. The number of methoxy groups -OCH3 is 1. The quantitative estimate of drug-likeness (QED) is 0.657. The summed E-state index contributed by atoms with van der Waals surface area (Å²) in [7, 11) is 1.46. The second kappa shape index (κ2) is 7.08. The molecule has 0 unspecified atom stereocenters. The summed E-state index contributed by atoms with van der Waals surface area (Å²) in [6.07, 6.45) is 3.56. The first-order chi connectivity index (χ1) is 10.6. The maximum Gasteiger partial charge on any atom is 0.248 e. The molecule has 0 fully saturated rings. The molecule has 2 aromatic rings. The molecular weight excluding hydrogens is 282 g/mol. The largest absolute Gasteiger partial charge is 0.504 e. The van der Waals surface area contributed by atoms with Crippen molar-refractivity contribution >= 4 is 24.0 Å². The Morgan fingerprint density at radius 3 is 2.68 bits per heavy atom. The third-order valence-electron chi connectivity index (χ3n) is 2.98. The number of phenols is 1. The van der Waals surface area contributed by atoms with Crippen molar-refractivity contribution in [2.75, 3.05) is 12.4 Å². The molecule has 0 aromatic heterocycles. The summed E-state index contributed by atoms with van der Waals surface area (Å²) >= 11 is 0. The molecule has 0 radical (unpaired) electrons. The van der Waals surface area contributed by atoms with Crippen LogP contribution in [0.2, 0.25) is 0 Å². The minimum Gasteiger partial charge on any atom is -0.504 e. The van der Waals surface area contributed by atoms with Crippen LogP contribution >= 0.6 is 0 Å². The average Bonchev–Trinajstić information content (AvgIpc) is 2.53. The van der Waals surface area contributed by atoms with Gasteiger partial charge in [0.25, 0.3) is 0 Å². The van der Waals surface area contributed by atoms with Crippen LogP contribution in [0.15, 0.2) is 48.5 Å². The van der Waals surface area contributed by atoms with Crippen LogP contribution in [0.3, 0.4) is 0 Å². The normalized spacial score (nSPS) is 10.4. The molecule has 5 nitrogen and oxygen atoms in total. The molecule has 2 aromatic carbocycles. The summed E-state index contributed by atoms with van der Waals surface area (Å²) in [5, 5.41) is 12.3. The Bertz CT molecular complexity index is 722. The standard InChI is InChI=1S/C17H15NO4/c1-22-16-8-6-12(10-15(16)20)7-9-17(21)18-14-5-3-2-4-13(14)11-19/h2-11,20H,1H3,(H,18,21)/b9-7+. The van der Waals surface area contributed by atoms with Gasteiger partial charge in [0, 0.05) is 11.6 Å². The molecule has 0 saturated heterocycles. The summed E-state index contributed by atoms with van der Waals surface area (Å²) < 4.78 is 4.94. The van der Waals surface area contributed by atoms with Gasteiger partial charge >= 0.3 is 0 Å². The Morgan fingerprint density at radius 2 is 2.00 bits per heavy atom. The highest BCUT2D eigenvalue weighted by atomic mass is 16.5. The Kier molecular flexibility index (Phi) is 4.93. The Labute approximate surface area is 127 Å². The molecule has 1 amide bonds. The summed E-state index contributed by atoms with van der Waals surface area (Å²) in [5.41, 5.74) is 1.51. The van der Waals surface area contributed by atoms with Gasteiger partial charge in [0.2, 0.25) is 5.91 Å². The number of hydrogen-bond acceptors (Lipinski definition) is 4. The van der Waals surface area contributed by atoms with E-state index in [1.807, 2.05) is 0 Å². The maximum absolute atomic E-state index is 11.9. The minimum atomic E-state index is -0.371. The molecule has 0 aliphatic heterocycles. The van der Waals surface area contributed by atoms with Gasteiger partial charge in [-0.25, -0.2) is 0 Å². The van der Waals surface area contributed by atoms with E-state index < -0.39 is 0 Å². The topological polar surface area (TPSA) is 75.6 Å². The first-order valence-corrected chi connectivity index (χ1v) is 6.54. The number of amides is 1. The smallest absolute Gasteiger partial charge is 0.248 e. The van der Waals surface area contributed by atoms with Gasteiger partial charge in [-0.05, 0) is 35.9 Å². The van der Waals surface area contributed by atoms with Crippen LogP contribution in [0.25, 0.3) is 6.08 Å². The minimum absolute atomic E-state index is 0.00337. The van der Waals surface area contributed by atoms with Crippen molar-refractivity contribution in [2.45, 2.75) is 0 Å². The molecule has 0 aliphatic rings. The molecule has 0 bridgehead atoms. The van der Waals surface area contributed by atoms with Gasteiger partial charge in [0.15, 0.2) is 17.8 Å². The van der Waals surface area contributed by atoms with Crippen molar-refractivity contribution in [2.24, 2.45) is 0 Å². The van der Waals surface area contributed by atoms with Gasteiger partial charge in [-0.15, -0.1) is 0 Å². The van der Waals surface area contributed by atoms with Crippen molar-refractivity contribution < 1.29 is 19.4 Å². The Balaban J connectivity index is 2.08. The number of aromatic hydroxyl groups is 1. The molecule has 2 N–H and O–H groups in total. The number of rotatable bonds is 5. The Hall–Kier alpha value is -3.08. The number of aldehydes is 1. The molecule has 112 valence electrons. The molecule has 0 spiro atoms. The van der Waals surface area contributed by atoms with Gasteiger partial charge in [0.05, 0.1) is 12.8 Å². The molecule has 5 heteroatoms. The Morgan fingerprint density at radius 1 is 1.23 bits per heavy atom. The fourth-order valence-corrected chi connectivity index (χ4v) is 1.87. The summed E-state index contributed by atoms with van der Waals surface area (Å²) in [6, 6.07) is 11.5. The lowest BCUT2D eigenvalue weighted by atomic mass is 10.1. The van der Waals surface area contributed by atoms with Crippen LogP contribution in [-0.2, 0) is 4.79 Å². The van der Waals surface area contributed by atoms with E-state index in [4.69, 9.17) is 4.74 Å². The van der Waals surface area contributed by atoms with E-state index in [-0.39, 0.29) is 11.7 Å². The number of ether oxygens (including phenoxy) is 1. The van der Waals surface area contributed by atoms with Gasteiger partial charge in [-0.1, -0.05) is 18.2 Å². The zero-order chi connectivity index (χ0) is 15.9. The van der Waals surface area contributed by atoms with E-state index in [2.05, 4.69) is 5.32 Å². The van der Waals surface area contributed by atoms with Crippen LogP contribution in [-0.4, -0.2) is 24.4 Å². The van der Waals surface area contributed by atoms with Gasteiger partial charge in [-0.2, -0.15) is 0 Å². The summed E-state index contributed by atoms with van der Waals surface area (Å²) in [5.74, 6) is -0.0116. The predicted octanol–water partition coefficient (Wildman–Crippen LogP) is 2.87. The highest BCUT2D eigenvalue weighted by molar-refractivity contribution is 6.04. The number of benzene rings is 2. The molecule has 0 heterocycles. The van der Waals surface area contributed by atoms with Gasteiger partial charge < -0.3 is 15.2 Å². The maximum atomic E-state index is 11.9. The van der Waals surface area contributed by atoms with E-state index in [1.54, 1.807) is 42.5 Å². The lowest BCUT2D eigenvalue weighted by Gasteiger charge is -2.05. The predicted molar refractivity (Wildman–Crippen MR) is 84.2 cm³/mol. The third kappa shape index (κ3) is 3.73. The fraction of sp³-hybridized carbons (Fsp3) is 0.0588. The van der Waals surface area contributed by atoms with Crippen LogP contribution < -0.4 is 10.1 Å². The van der Waals surface area contributed by atoms with E-state index >= 15 is 0 Å². The fourth-order valence-electron chi connectivity index (χ4n) is 1.87. The van der Waals surface area contributed by atoms with Gasteiger partial charge in [0.1, 0.15) is 0 Å². The van der Waals surface area contributed by atoms with Crippen molar-refractivity contribution in [1.82, 2.24) is 0 Å². The third-order valence-corrected chi connectivity index (χ3v) is 2.98. The number of carbonyl (C=O) groups excluding carboxylic acids is 2. The highest BCUT2D eigenvalue weighted by Crippen LogP contribution is 2.26. The molecule has 0 aliphatic carbocycles. The van der Waals surface area contributed by atoms with Crippen molar-refractivity contribution in [3.63, 3.8) is 0 Å². The van der Waals surface area contributed by atoms with E-state index in [9.17, 15) is 14.7 Å².